The molecule has 150 valence electrons. The fourth-order valence-electron chi connectivity index (χ4n) is 3.43. The lowest BCUT2D eigenvalue weighted by atomic mass is 9.97. The smallest absolute Gasteiger partial charge is 0.249 e. The van der Waals surface area contributed by atoms with Crippen molar-refractivity contribution in [2.24, 2.45) is 11.8 Å². The van der Waals surface area contributed by atoms with Crippen molar-refractivity contribution >= 4 is 28.3 Å². The van der Waals surface area contributed by atoms with Crippen LogP contribution < -0.4 is 10.6 Å². The van der Waals surface area contributed by atoms with Crippen LogP contribution in [0.5, 0.6) is 0 Å². The maximum absolute atomic E-state index is 12.9. The molecule has 1 aromatic carbocycles. The number of aryl methyl sites for hydroxylation is 1. The summed E-state index contributed by atoms with van der Waals surface area (Å²) in [5, 5.41) is 15.3. The number of amides is 2. The molecule has 0 spiro atoms. The van der Waals surface area contributed by atoms with E-state index in [2.05, 4.69) is 20.8 Å². The third kappa shape index (κ3) is 4.95. The summed E-state index contributed by atoms with van der Waals surface area (Å²) in [6.45, 7) is 6.04. The van der Waals surface area contributed by atoms with E-state index < -0.39 is 6.04 Å². The molecule has 2 aromatic rings. The highest BCUT2D eigenvalue weighted by Gasteiger charge is 2.30. The van der Waals surface area contributed by atoms with E-state index in [0.717, 1.165) is 42.7 Å². The van der Waals surface area contributed by atoms with E-state index in [-0.39, 0.29) is 23.7 Å². The third-order valence-electron chi connectivity index (χ3n) is 5.47. The SMILES string of the molecule is CCC(C)C(NC(=O)C1CCCC1)C(=O)Nc1nnc(-c2ccc(C)cc2)s1. The van der Waals surface area contributed by atoms with Crippen molar-refractivity contribution in [2.45, 2.75) is 58.9 Å². The van der Waals surface area contributed by atoms with E-state index >= 15 is 0 Å². The zero-order valence-electron chi connectivity index (χ0n) is 16.7. The summed E-state index contributed by atoms with van der Waals surface area (Å²) in [4.78, 5) is 25.4. The molecule has 0 bridgehead atoms. The molecule has 2 amide bonds. The number of rotatable bonds is 7. The molecule has 1 fully saturated rings. The van der Waals surface area contributed by atoms with Gasteiger partial charge >= 0.3 is 0 Å². The molecule has 2 N–H and O–H groups in total. The van der Waals surface area contributed by atoms with Crippen molar-refractivity contribution in [2.75, 3.05) is 5.32 Å². The quantitative estimate of drug-likeness (QED) is 0.730. The van der Waals surface area contributed by atoms with Gasteiger partial charge in [-0.15, -0.1) is 10.2 Å². The van der Waals surface area contributed by atoms with Crippen molar-refractivity contribution in [3.05, 3.63) is 29.8 Å². The van der Waals surface area contributed by atoms with Crippen LogP contribution >= 0.6 is 11.3 Å². The number of carbonyl (C=O) groups is 2. The second-order valence-electron chi connectivity index (χ2n) is 7.62. The van der Waals surface area contributed by atoms with E-state index in [1.165, 1.54) is 16.9 Å². The van der Waals surface area contributed by atoms with Gasteiger partial charge in [-0.3, -0.25) is 14.9 Å². The molecule has 0 aliphatic heterocycles. The molecule has 6 nitrogen and oxygen atoms in total. The number of hydrogen-bond acceptors (Lipinski definition) is 5. The summed E-state index contributed by atoms with van der Waals surface area (Å²) in [6.07, 6.45) is 4.80. The van der Waals surface area contributed by atoms with Crippen LogP contribution in [0.2, 0.25) is 0 Å². The zero-order valence-corrected chi connectivity index (χ0v) is 17.5. The standard InChI is InChI=1S/C21H28N4O2S/c1-4-14(3)17(22-18(26)15-7-5-6-8-15)19(27)23-21-25-24-20(28-21)16-11-9-13(2)10-12-16/h9-12,14-15,17H,4-8H2,1-3H3,(H,22,26)(H,23,25,27). The largest absolute Gasteiger partial charge is 0.344 e. The summed E-state index contributed by atoms with van der Waals surface area (Å²) < 4.78 is 0. The minimum atomic E-state index is -0.565. The lowest BCUT2D eigenvalue weighted by Gasteiger charge is -2.24. The predicted octanol–water partition coefficient (Wildman–Crippen LogP) is 4.17. The Labute approximate surface area is 170 Å². The van der Waals surface area contributed by atoms with Gasteiger partial charge < -0.3 is 5.32 Å². The van der Waals surface area contributed by atoms with E-state index in [4.69, 9.17) is 0 Å². The molecule has 1 heterocycles. The first-order valence-corrected chi connectivity index (χ1v) is 10.8. The van der Waals surface area contributed by atoms with Crippen LogP contribution in [0.3, 0.4) is 0 Å². The van der Waals surface area contributed by atoms with Crippen LogP contribution in [0, 0.1) is 18.8 Å². The summed E-state index contributed by atoms with van der Waals surface area (Å²) in [5.41, 5.74) is 2.15. The number of carbonyl (C=O) groups excluding carboxylic acids is 2. The highest BCUT2D eigenvalue weighted by Crippen LogP contribution is 2.27. The van der Waals surface area contributed by atoms with E-state index in [1.54, 1.807) is 0 Å². The highest BCUT2D eigenvalue weighted by atomic mass is 32.1. The van der Waals surface area contributed by atoms with Crippen molar-refractivity contribution < 1.29 is 9.59 Å². The minimum absolute atomic E-state index is 0.00411. The first kappa shape index (κ1) is 20.5. The number of hydrogen-bond donors (Lipinski definition) is 2. The average molecular weight is 401 g/mol. The van der Waals surface area contributed by atoms with E-state index in [0.29, 0.717) is 5.13 Å². The first-order valence-electron chi connectivity index (χ1n) is 9.99. The van der Waals surface area contributed by atoms with Crippen molar-refractivity contribution in [3.8, 4) is 10.6 Å². The molecule has 1 saturated carbocycles. The lowest BCUT2D eigenvalue weighted by molar-refractivity contribution is -0.130. The average Bonchev–Trinajstić information content (AvgIpc) is 3.38. The van der Waals surface area contributed by atoms with Crippen LogP contribution in [-0.2, 0) is 9.59 Å². The molecule has 2 atom stereocenters. The van der Waals surface area contributed by atoms with Crippen molar-refractivity contribution in [1.82, 2.24) is 15.5 Å². The number of anilines is 1. The second-order valence-corrected chi connectivity index (χ2v) is 8.60. The normalized spacial score (nSPS) is 16.5. The van der Waals surface area contributed by atoms with E-state index in [9.17, 15) is 9.59 Å². The number of benzene rings is 1. The van der Waals surface area contributed by atoms with Gasteiger partial charge in [0.1, 0.15) is 11.0 Å². The van der Waals surface area contributed by atoms with Crippen LogP contribution in [0.4, 0.5) is 5.13 Å². The van der Waals surface area contributed by atoms with E-state index in [1.807, 2.05) is 45.0 Å². The van der Waals surface area contributed by atoms with Crippen molar-refractivity contribution in [1.29, 1.82) is 0 Å². The molecule has 2 unspecified atom stereocenters. The fraction of sp³-hybridized carbons (Fsp3) is 0.524. The van der Waals surface area contributed by atoms with Gasteiger partial charge in [0.05, 0.1) is 0 Å². The lowest BCUT2D eigenvalue weighted by Crippen LogP contribution is -2.49. The Morgan fingerprint density at radius 1 is 1.18 bits per heavy atom. The van der Waals surface area contributed by atoms with Crippen LogP contribution in [-0.4, -0.2) is 28.1 Å². The molecule has 0 radical (unpaired) electrons. The summed E-state index contributed by atoms with van der Waals surface area (Å²) in [6, 6.07) is 7.46. The third-order valence-corrected chi connectivity index (χ3v) is 6.36. The Hall–Kier alpha value is -2.28. The Balaban J connectivity index is 1.67. The number of nitrogens with zero attached hydrogens (tertiary/aromatic N) is 2. The number of aromatic nitrogens is 2. The van der Waals surface area contributed by atoms with Gasteiger partial charge in [0.15, 0.2) is 0 Å². The first-order chi connectivity index (χ1) is 13.5. The van der Waals surface area contributed by atoms with Crippen LogP contribution in [0.25, 0.3) is 10.6 Å². The van der Waals surface area contributed by atoms with Crippen LogP contribution in [0.15, 0.2) is 24.3 Å². The molecular weight excluding hydrogens is 372 g/mol. The summed E-state index contributed by atoms with van der Waals surface area (Å²) in [7, 11) is 0. The molecule has 28 heavy (non-hydrogen) atoms. The maximum Gasteiger partial charge on any atom is 0.249 e. The Kier molecular flexibility index (Phi) is 6.78. The second kappa shape index (κ2) is 9.28. The molecule has 0 saturated heterocycles. The number of nitrogens with one attached hydrogen (secondary N) is 2. The van der Waals surface area contributed by atoms with Crippen LogP contribution in [0.1, 0.15) is 51.5 Å². The van der Waals surface area contributed by atoms with Gasteiger partial charge in [0, 0.05) is 11.5 Å². The predicted molar refractivity (Wildman–Crippen MR) is 112 cm³/mol. The molecule has 1 aromatic heterocycles. The topological polar surface area (TPSA) is 84.0 Å². The van der Waals surface area contributed by atoms with Gasteiger partial charge in [0.25, 0.3) is 0 Å². The van der Waals surface area contributed by atoms with Gasteiger partial charge in [-0.1, -0.05) is 74.3 Å². The molecular formula is C21H28N4O2S. The summed E-state index contributed by atoms with van der Waals surface area (Å²) >= 11 is 1.33. The van der Waals surface area contributed by atoms with Gasteiger partial charge in [-0.05, 0) is 25.7 Å². The molecule has 3 rings (SSSR count). The van der Waals surface area contributed by atoms with Crippen molar-refractivity contribution in [3.63, 3.8) is 0 Å². The zero-order chi connectivity index (χ0) is 20.1. The Morgan fingerprint density at radius 2 is 1.86 bits per heavy atom. The van der Waals surface area contributed by atoms with Gasteiger partial charge in [-0.25, -0.2) is 0 Å². The Bertz CT molecular complexity index is 812. The monoisotopic (exact) mass is 400 g/mol. The summed E-state index contributed by atoms with van der Waals surface area (Å²) in [5.74, 6) is -0.160. The molecule has 1 aliphatic rings. The minimum Gasteiger partial charge on any atom is -0.344 e. The highest BCUT2D eigenvalue weighted by molar-refractivity contribution is 7.18. The molecule has 1 aliphatic carbocycles. The maximum atomic E-state index is 12.9. The fourth-order valence-corrected chi connectivity index (χ4v) is 4.18. The van der Waals surface area contributed by atoms with Gasteiger partial charge in [-0.2, -0.15) is 0 Å². The Morgan fingerprint density at radius 3 is 2.50 bits per heavy atom. The van der Waals surface area contributed by atoms with Gasteiger partial charge in [0.2, 0.25) is 16.9 Å². The molecule has 7 heteroatoms.